The Balaban J connectivity index is 0.000000444. The van der Waals surface area contributed by atoms with Gasteiger partial charge in [0.15, 0.2) is 0 Å². The second kappa shape index (κ2) is 11.0. The first-order valence-electron chi connectivity index (χ1n) is 8.36. The Kier molecular flexibility index (Phi) is 9.46. The molecule has 1 saturated carbocycles. The number of hydrogen-bond acceptors (Lipinski definition) is 2. The molecule has 118 valence electrons. The molecule has 0 bridgehead atoms. The van der Waals surface area contributed by atoms with Crippen LogP contribution in [-0.2, 0) is 0 Å². The predicted molar refractivity (Wildman–Crippen MR) is 81.4 cm³/mol. The van der Waals surface area contributed by atoms with Gasteiger partial charge in [-0.3, -0.25) is 0 Å². The van der Waals surface area contributed by atoms with Crippen LogP contribution in [0.2, 0.25) is 0 Å². The smallest absolute Gasteiger partial charge is 0.450 e. The Morgan fingerprint density at radius 3 is 1.50 bits per heavy atom. The van der Waals surface area contributed by atoms with Gasteiger partial charge in [-0.2, -0.15) is 0 Å². The van der Waals surface area contributed by atoms with Gasteiger partial charge < -0.3 is 15.1 Å². The molecule has 1 aliphatic carbocycles. The van der Waals surface area contributed by atoms with Crippen molar-refractivity contribution < 1.29 is 15.0 Å². The summed E-state index contributed by atoms with van der Waals surface area (Å²) in [5.41, 5.74) is 0. The van der Waals surface area contributed by atoms with Gasteiger partial charge in [-0.05, 0) is 38.8 Å². The van der Waals surface area contributed by atoms with Crippen molar-refractivity contribution in [1.29, 1.82) is 0 Å². The average molecular weight is 285 g/mol. The molecule has 0 unspecified atom stereocenters. The molecule has 0 amide bonds. The molecule has 0 aromatic rings. The Labute approximate surface area is 123 Å². The van der Waals surface area contributed by atoms with Crippen molar-refractivity contribution in [2.24, 2.45) is 0 Å². The zero-order valence-corrected chi connectivity index (χ0v) is 12.7. The van der Waals surface area contributed by atoms with E-state index in [0.29, 0.717) is 0 Å². The molecule has 2 N–H and O–H groups in total. The van der Waals surface area contributed by atoms with Crippen LogP contribution in [-0.4, -0.2) is 40.4 Å². The van der Waals surface area contributed by atoms with E-state index in [9.17, 15) is 0 Å². The van der Waals surface area contributed by atoms with Crippen molar-refractivity contribution in [3.05, 3.63) is 0 Å². The fourth-order valence-electron chi connectivity index (χ4n) is 3.44. The maximum atomic E-state index is 8.56. The number of rotatable bonds is 1. The van der Waals surface area contributed by atoms with Crippen LogP contribution in [0.1, 0.15) is 77.0 Å². The van der Waals surface area contributed by atoms with Crippen LogP contribution in [0.15, 0.2) is 0 Å². The number of carbonyl (C=O) groups is 1. The van der Waals surface area contributed by atoms with Gasteiger partial charge >= 0.3 is 6.16 Å². The quantitative estimate of drug-likeness (QED) is 0.740. The van der Waals surface area contributed by atoms with Gasteiger partial charge in [-0.15, -0.1) is 0 Å². The first-order valence-corrected chi connectivity index (χ1v) is 8.36. The minimum Gasteiger partial charge on any atom is -0.450 e. The molecule has 1 saturated heterocycles. The highest BCUT2D eigenvalue weighted by atomic mass is 16.6. The van der Waals surface area contributed by atoms with E-state index in [1.54, 1.807) is 0 Å². The summed E-state index contributed by atoms with van der Waals surface area (Å²) in [6, 6.07) is 0.943. The third kappa shape index (κ3) is 8.41. The molecule has 20 heavy (non-hydrogen) atoms. The van der Waals surface area contributed by atoms with Crippen molar-refractivity contribution in [2.45, 2.75) is 83.1 Å². The summed E-state index contributed by atoms with van der Waals surface area (Å²) in [6.45, 7) is 2.79. The Hall–Kier alpha value is -0.770. The summed E-state index contributed by atoms with van der Waals surface area (Å²) in [5.74, 6) is 0. The van der Waals surface area contributed by atoms with Gasteiger partial charge in [0, 0.05) is 6.04 Å². The summed E-state index contributed by atoms with van der Waals surface area (Å²) in [6.07, 6.45) is 15.9. The second-order valence-corrected chi connectivity index (χ2v) is 6.09. The highest BCUT2D eigenvalue weighted by Gasteiger charge is 2.19. The molecule has 4 nitrogen and oxygen atoms in total. The summed E-state index contributed by atoms with van der Waals surface area (Å²) in [5, 5.41) is 13.9. The van der Waals surface area contributed by atoms with Crippen molar-refractivity contribution in [3.8, 4) is 0 Å². The molecule has 0 radical (unpaired) electrons. The standard InChI is InChI=1S/C15H29N.CH2O3/c1-3-7-11-15(12-8-4-1)16-13-9-5-2-6-10-14-16;2-1(3)4/h15H,1-14H2;(H2,2,3,4). The first kappa shape index (κ1) is 17.3. The second-order valence-electron chi connectivity index (χ2n) is 6.09. The van der Waals surface area contributed by atoms with E-state index >= 15 is 0 Å². The third-order valence-corrected chi connectivity index (χ3v) is 4.48. The molecular formula is C16H31NO3. The number of hydrogen-bond donors (Lipinski definition) is 2. The van der Waals surface area contributed by atoms with E-state index in [0.717, 1.165) is 6.04 Å². The van der Waals surface area contributed by atoms with Crippen LogP contribution >= 0.6 is 0 Å². The zero-order valence-electron chi connectivity index (χ0n) is 12.7. The lowest BCUT2D eigenvalue weighted by atomic mass is 9.94. The van der Waals surface area contributed by atoms with Crippen LogP contribution in [0.3, 0.4) is 0 Å². The highest BCUT2D eigenvalue weighted by molar-refractivity contribution is 5.53. The lowest BCUT2D eigenvalue weighted by Gasteiger charge is -2.34. The Bertz CT molecular complexity index is 218. The molecule has 1 heterocycles. The molecule has 2 rings (SSSR count). The minimum atomic E-state index is -1.83. The summed E-state index contributed by atoms with van der Waals surface area (Å²) in [4.78, 5) is 11.4. The molecule has 0 aromatic carbocycles. The minimum absolute atomic E-state index is 0.943. The van der Waals surface area contributed by atoms with Gasteiger partial charge in [0.2, 0.25) is 0 Å². The number of likely N-dealkylation sites (tertiary alicyclic amines) is 1. The maximum Gasteiger partial charge on any atom is 0.503 e. The molecule has 1 aliphatic heterocycles. The summed E-state index contributed by atoms with van der Waals surface area (Å²) >= 11 is 0. The van der Waals surface area contributed by atoms with E-state index in [-0.39, 0.29) is 0 Å². The SMILES string of the molecule is C1CCCC(N2CCCCCCC2)CCC1.O=C(O)O. The van der Waals surface area contributed by atoms with Crippen molar-refractivity contribution >= 4 is 6.16 Å². The first-order chi connectivity index (χ1) is 9.70. The van der Waals surface area contributed by atoms with Crippen LogP contribution in [0.5, 0.6) is 0 Å². The highest BCUT2D eigenvalue weighted by Crippen LogP contribution is 2.23. The van der Waals surface area contributed by atoms with Gasteiger partial charge in [0.05, 0.1) is 0 Å². The van der Waals surface area contributed by atoms with Gasteiger partial charge in [-0.1, -0.05) is 51.4 Å². The largest absolute Gasteiger partial charge is 0.503 e. The van der Waals surface area contributed by atoms with E-state index < -0.39 is 6.16 Å². The average Bonchev–Trinajstić information content (AvgIpc) is 2.28. The molecule has 4 heteroatoms. The van der Waals surface area contributed by atoms with Gasteiger partial charge in [0.25, 0.3) is 0 Å². The molecule has 2 fully saturated rings. The van der Waals surface area contributed by atoms with Crippen molar-refractivity contribution in [1.82, 2.24) is 4.90 Å². The molecule has 0 spiro atoms. The number of carboxylic acid groups (broad SMARTS) is 2. The summed E-state index contributed by atoms with van der Waals surface area (Å²) < 4.78 is 0. The molecular weight excluding hydrogens is 254 g/mol. The fourth-order valence-corrected chi connectivity index (χ4v) is 3.44. The zero-order chi connectivity index (χ0) is 14.6. The topological polar surface area (TPSA) is 60.8 Å². The number of nitrogens with zero attached hydrogens (tertiary/aromatic N) is 1. The molecule has 0 atom stereocenters. The van der Waals surface area contributed by atoms with E-state index in [1.165, 1.54) is 90.1 Å². The van der Waals surface area contributed by atoms with Crippen molar-refractivity contribution in [2.75, 3.05) is 13.1 Å². The molecule has 0 aromatic heterocycles. The van der Waals surface area contributed by atoms with E-state index in [2.05, 4.69) is 4.90 Å². The monoisotopic (exact) mass is 285 g/mol. The van der Waals surface area contributed by atoms with Crippen molar-refractivity contribution in [3.63, 3.8) is 0 Å². The lowest BCUT2D eigenvalue weighted by Crippen LogP contribution is -2.38. The van der Waals surface area contributed by atoms with Crippen LogP contribution in [0.25, 0.3) is 0 Å². The van der Waals surface area contributed by atoms with E-state index in [4.69, 9.17) is 15.0 Å². The molecule has 2 aliphatic rings. The normalized spacial score (nSPS) is 23.4. The van der Waals surface area contributed by atoms with Gasteiger partial charge in [-0.25, -0.2) is 4.79 Å². The van der Waals surface area contributed by atoms with Gasteiger partial charge in [0.1, 0.15) is 0 Å². The van der Waals surface area contributed by atoms with Crippen LogP contribution in [0.4, 0.5) is 4.79 Å². The van der Waals surface area contributed by atoms with Crippen LogP contribution in [0, 0.1) is 0 Å². The Morgan fingerprint density at radius 2 is 1.05 bits per heavy atom. The summed E-state index contributed by atoms with van der Waals surface area (Å²) in [7, 11) is 0. The fraction of sp³-hybridized carbons (Fsp3) is 0.938. The maximum absolute atomic E-state index is 8.56. The third-order valence-electron chi connectivity index (χ3n) is 4.48. The van der Waals surface area contributed by atoms with Crippen LogP contribution < -0.4 is 0 Å². The lowest BCUT2D eigenvalue weighted by molar-refractivity contribution is 0.137. The predicted octanol–water partition coefficient (Wildman–Crippen LogP) is 4.59. The van der Waals surface area contributed by atoms with E-state index in [1.807, 2.05) is 0 Å². The Morgan fingerprint density at radius 1 is 0.700 bits per heavy atom.